The van der Waals surface area contributed by atoms with Gasteiger partial charge >= 0.3 is 0 Å². The molecule has 5 rings (SSSR count). The van der Waals surface area contributed by atoms with Crippen LogP contribution in [0.3, 0.4) is 0 Å². The van der Waals surface area contributed by atoms with Crippen molar-refractivity contribution < 1.29 is 18.9 Å². The van der Waals surface area contributed by atoms with Crippen LogP contribution in [0.25, 0.3) is 0 Å². The first kappa shape index (κ1) is 25.4. The Morgan fingerprint density at radius 1 is 0.838 bits per heavy atom. The van der Waals surface area contributed by atoms with Crippen molar-refractivity contribution in [3.63, 3.8) is 0 Å². The number of ether oxygens (including phenoxy) is 4. The number of fused-ring (bicyclic) bond motifs is 1. The maximum Gasteiger partial charge on any atom is 0.231 e. The Balaban J connectivity index is 1.01. The third-order valence-corrected chi connectivity index (χ3v) is 7.11. The summed E-state index contributed by atoms with van der Waals surface area (Å²) in [5.41, 5.74) is 3.73. The fourth-order valence-electron chi connectivity index (χ4n) is 4.79. The maximum atomic E-state index is 6.11. The summed E-state index contributed by atoms with van der Waals surface area (Å²) in [6.45, 7) is 10.1. The second-order valence-electron chi connectivity index (χ2n) is 9.68. The van der Waals surface area contributed by atoms with Crippen molar-refractivity contribution in [1.29, 1.82) is 0 Å². The van der Waals surface area contributed by atoms with Gasteiger partial charge in [-0.1, -0.05) is 30.3 Å². The lowest BCUT2D eigenvalue weighted by Gasteiger charge is -2.34. The van der Waals surface area contributed by atoms with Crippen molar-refractivity contribution >= 4 is 0 Å². The second-order valence-corrected chi connectivity index (χ2v) is 9.68. The molecule has 37 heavy (non-hydrogen) atoms. The largest absolute Gasteiger partial charge is 0.497 e. The summed E-state index contributed by atoms with van der Waals surface area (Å²) in [5.74, 6) is 3.51. The van der Waals surface area contributed by atoms with Crippen LogP contribution in [-0.4, -0.2) is 63.0 Å². The third kappa shape index (κ3) is 6.95. The predicted octanol–water partition coefficient (Wildman–Crippen LogP) is 4.47. The van der Waals surface area contributed by atoms with Crippen LogP contribution in [0.5, 0.6) is 23.0 Å². The van der Waals surface area contributed by atoms with E-state index in [0.717, 1.165) is 68.8 Å². The minimum atomic E-state index is 0.249. The molecule has 1 N–H and O–H groups in total. The molecule has 0 bridgehead atoms. The summed E-state index contributed by atoms with van der Waals surface area (Å²) in [7, 11) is 1.69. The SMILES string of the molecule is COc1ccc(C(C)NCc2cccc(OCCN3CCN(Cc4ccc5c(c4)OCO5)CC3)c2)cc1. The van der Waals surface area contributed by atoms with Gasteiger partial charge in [0.25, 0.3) is 0 Å². The first-order chi connectivity index (χ1) is 18.2. The van der Waals surface area contributed by atoms with Crippen molar-refractivity contribution in [1.82, 2.24) is 15.1 Å². The van der Waals surface area contributed by atoms with Gasteiger partial charge in [-0.2, -0.15) is 0 Å². The van der Waals surface area contributed by atoms with E-state index in [2.05, 4.69) is 64.5 Å². The van der Waals surface area contributed by atoms with Crippen LogP contribution in [0, 0.1) is 0 Å². The molecule has 1 unspecified atom stereocenters. The summed E-state index contributed by atoms with van der Waals surface area (Å²) in [6, 6.07) is 23.1. The topological polar surface area (TPSA) is 55.4 Å². The van der Waals surface area contributed by atoms with Gasteiger partial charge in [-0.15, -0.1) is 0 Å². The van der Waals surface area contributed by atoms with E-state index in [1.54, 1.807) is 7.11 Å². The molecule has 3 aromatic rings. The molecule has 0 saturated carbocycles. The molecule has 0 spiro atoms. The summed E-state index contributed by atoms with van der Waals surface area (Å²) in [6.07, 6.45) is 0. The molecule has 7 nitrogen and oxygen atoms in total. The molecule has 0 radical (unpaired) electrons. The molecule has 1 saturated heterocycles. The first-order valence-electron chi connectivity index (χ1n) is 13.1. The monoisotopic (exact) mass is 503 g/mol. The van der Waals surface area contributed by atoms with E-state index in [9.17, 15) is 0 Å². The zero-order chi connectivity index (χ0) is 25.5. The molecule has 2 aliphatic rings. The van der Waals surface area contributed by atoms with E-state index in [1.807, 2.05) is 24.3 Å². The van der Waals surface area contributed by atoms with Crippen LogP contribution in [0.2, 0.25) is 0 Å². The molecule has 2 heterocycles. The molecule has 196 valence electrons. The van der Waals surface area contributed by atoms with Gasteiger partial charge in [-0.05, 0) is 60.0 Å². The fraction of sp³-hybridized carbons (Fsp3) is 0.400. The number of hydrogen-bond donors (Lipinski definition) is 1. The molecule has 7 heteroatoms. The number of methoxy groups -OCH3 is 1. The van der Waals surface area contributed by atoms with Crippen LogP contribution in [-0.2, 0) is 13.1 Å². The lowest BCUT2D eigenvalue weighted by atomic mass is 10.1. The highest BCUT2D eigenvalue weighted by atomic mass is 16.7. The van der Waals surface area contributed by atoms with Gasteiger partial charge in [0.15, 0.2) is 11.5 Å². The quantitative estimate of drug-likeness (QED) is 0.414. The molecule has 3 aromatic carbocycles. The van der Waals surface area contributed by atoms with Crippen molar-refractivity contribution in [2.75, 3.05) is 53.2 Å². The molecule has 1 atom stereocenters. The van der Waals surface area contributed by atoms with E-state index in [-0.39, 0.29) is 6.04 Å². The lowest BCUT2D eigenvalue weighted by molar-refractivity contribution is 0.112. The zero-order valence-corrected chi connectivity index (χ0v) is 21.8. The van der Waals surface area contributed by atoms with E-state index in [4.69, 9.17) is 18.9 Å². The number of nitrogens with one attached hydrogen (secondary N) is 1. The van der Waals surface area contributed by atoms with Gasteiger partial charge < -0.3 is 24.3 Å². The summed E-state index contributed by atoms with van der Waals surface area (Å²) < 4.78 is 22.3. The number of nitrogens with zero attached hydrogens (tertiary/aromatic N) is 2. The van der Waals surface area contributed by atoms with Crippen LogP contribution < -0.4 is 24.3 Å². The second kappa shape index (κ2) is 12.3. The van der Waals surface area contributed by atoms with Crippen LogP contribution in [0.15, 0.2) is 66.7 Å². The van der Waals surface area contributed by atoms with Gasteiger partial charge in [0, 0.05) is 51.9 Å². The number of hydrogen-bond acceptors (Lipinski definition) is 7. The highest BCUT2D eigenvalue weighted by Crippen LogP contribution is 2.32. The smallest absolute Gasteiger partial charge is 0.231 e. The van der Waals surface area contributed by atoms with E-state index in [1.165, 1.54) is 16.7 Å². The maximum absolute atomic E-state index is 6.11. The van der Waals surface area contributed by atoms with Gasteiger partial charge in [0.2, 0.25) is 6.79 Å². The Morgan fingerprint density at radius 3 is 2.43 bits per heavy atom. The number of benzene rings is 3. The van der Waals surface area contributed by atoms with Crippen LogP contribution in [0.1, 0.15) is 29.7 Å². The van der Waals surface area contributed by atoms with Crippen LogP contribution >= 0.6 is 0 Å². The Kier molecular flexibility index (Phi) is 8.46. The molecular formula is C30H37N3O4. The molecular weight excluding hydrogens is 466 g/mol. The minimum Gasteiger partial charge on any atom is -0.497 e. The number of piperazine rings is 1. The minimum absolute atomic E-state index is 0.249. The summed E-state index contributed by atoms with van der Waals surface area (Å²) in [5, 5.41) is 3.60. The van der Waals surface area contributed by atoms with E-state index >= 15 is 0 Å². The van der Waals surface area contributed by atoms with E-state index in [0.29, 0.717) is 13.4 Å². The third-order valence-electron chi connectivity index (χ3n) is 7.11. The lowest BCUT2D eigenvalue weighted by Crippen LogP contribution is -2.47. The van der Waals surface area contributed by atoms with Gasteiger partial charge in [0.1, 0.15) is 18.1 Å². The average molecular weight is 504 g/mol. The van der Waals surface area contributed by atoms with Crippen molar-refractivity contribution in [2.45, 2.75) is 26.1 Å². The Morgan fingerprint density at radius 2 is 1.62 bits per heavy atom. The highest BCUT2D eigenvalue weighted by molar-refractivity contribution is 5.44. The van der Waals surface area contributed by atoms with Gasteiger partial charge in [0.05, 0.1) is 7.11 Å². The highest BCUT2D eigenvalue weighted by Gasteiger charge is 2.19. The summed E-state index contributed by atoms with van der Waals surface area (Å²) in [4.78, 5) is 4.98. The zero-order valence-electron chi connectivity index (χ0n) is 21.8. The standard InChI is InChI=1S/C30H37N3O4/c1-23(26-7-9-27(34-2)10-8-26)31-20-24-4-3-5-28(18-24)35-17-16-32-12-14-33(15-13-32)21-25-6-11-29-30(19-25)37-22-36-29/h3-11,18-19,23,31H,12-17,20-22H2,1-2H3. The fourth-order valence-corrected chi connectivity index (χ4v) is 4.79. The summed E-state index contributed by atoms with van der Waals surface area (Å²) >= 11 is 0. The van der Waals surface area contributed by atoms with E-state index < -0.39 is 0 Å². The Labute approximate surface area is 219 Å². The van der Waals surface area contributed by atoms with Gasteiger partial charge in [-0.25, -0.2) is 0 Å². The van der Waals surface area contributed by atoms with Crippen molar-refractivity contribution in [2.24, 2.45) is 0 Å². The van der Waals surface area contributed by atoms with Crippen LogP contribution in [0.4, 0.5) is 0 Å². The molecule has 0 aliphatic carbocycles. The van der Waals surface area contributed by atoms with Crippen molar-refractivity contribution in [3.8, 4) is 23.0 Å². The molecule has 1 fully saturated rings. The van der Waals surface area contributed by atoms with Gasteiger partial charge in [-0.3, -0.25) is 9.80 Å². The molecule has 2 aliphatic heterocycles. The van der Waals surface area contributed by atoms with Crippen molar-refractivity contribution in [3.05, 3.63) is 83.4 Å². The molecule has 0 aromatic heterocycles. The number of rotatable bonds is 11. The average Bonchev–Trinajstić information content (AvgIpc) is 3.41. The normalized spacial score (nSPS) is 16.5. The predicted molar refractivity (Wildman–Crippen MR) is 144 cm³/mol. The Hall–Kier alpha value is -3.26. The first-order valence-corrected chi connectivity index (χ1v) is 13.1. The molecule has 0 amide bonds. The Bertz CT molecular complexity index is 1150.